The van der Waals surface area contributed by atoms with Crippen molar-refractivity contribution < 1.29 is 22.8 Å². The molecule has 0 radical (unpaired) electrons. The molecule has 0 saturated carbocycles. The van der Waals surface area contributed by atoms with Crippen LogP contribution in [-0.2, 0) is 17.4 Å². The molecular formula is C19H17F3N6O2S. The molecule has 1 saturated heterocycles. The van der Waals surface area contributed by atoms with Crippen LogP contribution in [0.4, 0.5) is 28.9 Å². The molecule has 3 heterocycles. The Morgan fingerprint density at radius 3 is 2.84 bits per heavy atom. The molecule has 8 nitrogen and oxygen atoms in total. The van der Waals surface area contributed by atoms with Gasteiger partial charge in [0.1, 0.15) is 5.82 Å². The number of aryl methyl sites for hydroxylation is 1. The Bertz CT molecular complexity index is 1140. The number of halogens is 3. The lowest BCUT2D eigenvalue weighted by Crippen LogP contribution is -2.27. The lowest BCUT2D eigenvalue weighted by molar-refractivity contribution is -0.137. The zero-order chi connectivity index (χ0) is 22.2. The Morgan fingerprint density at radius 1 is 1.32 bits per heavy atom. The van der Waals surface area contributed by atoms with Crippen LogP contribution in [0.2, 0.25) is 0 Å². The van der Waals surface area contributed by atoms with E-state index in [1.54, 1.807) is 18.4 Å². The van der Waals surface area contributed by atoms with E-state index in [9.17, 15) is 22.8 Å². The van der Waals surface area contributed by atoms with Crippen LogP contribution in [0.1, 0.15) is 17.0 Å². The molecule has 1 fully saturated rings. The number of rotatable bonds is 5. The first kappa shape index (κ1) is 20.8. The number of amides is 3. The number of carbonyl (C=O) groups is 2. The van der Waals surface area contributed by atoms with Gasteiger partial charge in [0, 0.05) is 24.5 Å². The number of hydrogen-bond donors (Lipinski definition) is 2. The van der Waals surface area contributed by atoms with Crippen molar-refractivity contribution in [3.8, 4) is 5.69 Å². The molecule has 0 bridgehead atoms. The molecule has 0 aliphatic carbocycles. The first-order chi connectivity index (χ1) is 14.7. The van der Waals surface area contributed by atoms with E-state index < -0.39 is 17.6 Å². The second-order valence-electron chi connectivity index (χ2n) is 6.86. The standard InChI is InChI=1S/C19H17F3N6O2S/c1-11-7-15(28(26-11)14-4-2-3-12(8-14)19(20,21)22)25-16(29)9-13-10-31-18(24-13)27-6-5-23-17(27)30/h2-4,7-8,10H,5-6,9H2,1H3,(H,23,30)(H,25,29). The Labute approximate surface area is 178 Å². The van der Waals surface area contributed by atoms with E-state index in [-0.39, 0.29) is 24.0 Å². The SMILES string of the molecule is Cc1cc(NC(=O)Cc2csc(N3CCNC3=O)n2)n(-c2cccc(C(F)(F)F)c2)n1. The van der Waals surface area contributed by atoms with Crippen LogP contribution in [0, 0.1) is 6.92 Å². The first-order valence-corrected chi connectivity index (χ1v) is 10.1. The maximum atomic E-state index is 13.0. The molecule has 162 valence electrons. The molecule has 3 aromatic rings. The van der Waals surface area contributed by atoms with Crippen molar-refractivity contribution >= 4 is 34.2 Å². The van der Waals surface area contributed by atoms with Crippen LogP contribution in [0.3, 0.4) is 0 Å². The highest BCUT2D eigenvalue weighted by molar-refractivity contribution is 7.14. The summed E-state index contributed by atoms with van der Waals surface area (Å²) in [6, 6.07) is 6.04. The van der Waals surface area contributed by atoms with Crippen molar-refractivity contribution in [3.63, 3.8) is 0 Å². The second kappa shape index (κ2) is 8.02. The molecule has 0 spiro atoms. The summed E-state index contributed by atoms with van der Waals surface area (Å²) in [4.78, 5) is 30.1. The third-order valence-electron chi connectivity index (χ3n) is 4.49. The summed E-state index contributed by atoms with van der Waals surface area (Å²) >= 11 is 1.26. The number of anilines is 2. The van der Waals surface area contributed by atoms with Gasteiger partial charge in [0.15, 0.2) is 5.13 Å². The van der Waals surface area contributed by atoms with Crippen LogP contribution < -0.4 is 15.5 Å². The normalized spacial score (nSPS) is 14.1. The third-order valence-corrected chi connectivity index (χ3v) is 5.40. The van der Waals surface area contributed by atoms with E-state index in [4.69, 9.17) is 0 Å². The first-order valence-electron chi connectivity index (χ1n) is 9.24. The smallest absolute Gasteiger partial charge is 0.336 e. The van der Waals surface area contributed by atoms with Crippen molar-refractivity contribution in [2.75, 3.05) is 23.3 Å². The van der Waals surface area contributed by atoms with Crippen LogP contribution in [0.15, 0.2) is 35.7 Å². The molecule has 1 aliphatic rings. The average Bonchev–Trinajstić information content (AvgIpc) is 3.41. The number of thiazole rings is 1. The molecule has 0 unspecified atom stereocenters. The summed E-state index contributed by atoms with van der Waals surface area (Å²) in [7, 11) is 0. The molecule has 2 aromatic heterocycles. The molecule has 2 N–H and O–H groups in total. The maximum absolute atomic E-state index is 13.0. The van der Waals surface area contributed by atoms with Gasteiger partial charge in [0.2, 0.25) is 5.91 Å². The predicted molar refractivity (Wildman–Crippen MR) is 108 cm³/mol. The van der Waals surface area contributed by atoms with Crippen molar-refractivity contribution in [2.45, 2.75) is 19.5 Å². The topological polar surface area (TPSA) is 92.2 Å². The second-order valence-corrected chi connectivity index (χ2v) is 7.70. The van der Waals surface area contributed by atoms with Crippen LogP contribution >= 0.6 is 11.3 Å². The Morgan fingerprint density at radius 2 is 2.13 bits per heavy atom. The molecule has 12 heteroatoms. The quantitative estimate of drug-likeness (QED) is 0.624. The Kier molecular flexibility index (Phi) is 5.39. The summed E-state index contributed by atoms with van der Waals surface area (Å²) in [6.45, 7) is 2.72. The minimum absolute atomic E-state index is 0.0568. The van der Waals surface area contributed by atoms with Gasteiger partial charge in [-0.25, -0.2) is 14.5 Å². The number of nitrogens with one attached hydrogen (secondary N) is 2. The van der Waals surface area contributed by atoms with Crippen molar-refractivity contribution in [1.29, 1.82) is 0 Å². The number of urea groups is 1. The van der Waals surface area contributed by atoms with Gasteiger partial charge in [-0.05, 0) is 25.1 Å². The molecule has 4 rings (SSSR count). The van der Waals surface area contributed by atoms with E-state index in [1.165, 1.54) is 33.1 Å². The van der Waals surface area contributed by atoms with E-state index in [2.05, 4.69) is 20.7 Å². The minimum atomic E-state index is -4.49. The zero-order valence-corrected chi connectivity index (χ0v) is 17.0. The van der Waals surface area contributed by atoms with Crippen LogP contribution in [0.5, 0.6) is 0 Å². The fourth-order valence-corrected chi connectivity index (χ4v) is 3.96. The highest BCUT2D eigenvalue weighted by Gasteiger charge is 2.31. The van der Waals surface area contributed by atoms with Gasteiger partial charge < -0.3 is 10.6 Å². The molecule has 1 aromatic carbocycles. The van der Waals surface area contributed by atoms with Crippen LogP contribution in [-0.4, -0.2) is 39.8 Å². The average molecular weight is 450 g/mol. The Balaban J connectivity index is 1.50. The predicted octanol–water partition coefficient (Wildman–Crippen LogP) is 3.37. The highest BCUT2D eigenvalue weighted by atomic mass is 32.1. The number of nitrogens with zero attached hydrogens (tertiary/aromatic N) is 4. The zero-order valence-electron chi connectivity index (χ0n) is 16.2. The monoisotopic (exact) mass is 450 g/mol. The lowest BCUT2D eigenvalue weighted by Gasteiger charge is -2.11. The minimum Gasteiger partial charge on any atom is -0.336 e. The maximum Gasteiger partial charge on any atom is 0.416 e. The fourth-order valence-electron chi connectivity index (χ4n) is 3.11. The van der Waals surface area contributed by atoms with Gasteiger partial charge in [0.25, 0.3) is 0 Å². The highest BCUT2D eigenvalue weighted by Crippen LogP contribution is 2.31. The molecule has 1 aliphatic heterocycles. The van der Waals surface area contributed by atoms with E-state index in [1.807, 2.05) is 0 Å². The summed E-state index contributed by atoms with van der Waals surface area (Å²) < 4.78 is 40.4. The molecule has 0 atom stereocenters. The number of benzene rings is 1. The number of carbonyl (C=O) groups excluding carboxylic acids is 2. The van der Waals surface area contributed by atoms with Crippen molar-refractivity contribution in [3.05, 3.63) is 52.7 Å². The lowest BCUT2D eigenvalue weighted by atomic mass is 10.2. The van der Waals surface area contributed by atoms with Gasteiger partial charge in [-0.3, -0.25) is 9.69 Å². The van der Waals surface area contributed by atoms with Crippen molar-refractivity contribution in [1.82, 2.24) is 20.1 Å². The summed E-state index contributed by atoms with van der Waals surface area (Å²) in [5.41, 5.74) is 0.383. The Hall–Kier alpha value is -3.41. The summed E-state index contributed by atoms with van der Waals surface area (Å²) in [5, 5.41) is 11.8. The van der Waals surface area contributed by atoms with Gasteiger partial charge in [-0.15, -0.1) is 11.3 Å². The number of alkyl halides is 3. The van der Waals surface area contributed by atoms with Gasteiger partial charge in [-0.1, -0.05) is 6.07 Å². The third kappa shape index (κ3) is 4.53. The molecule has 31 heavy (non-hydrogen) atoms. The van der Waals surface area contributed by atoms with Gasteiger partial charge >= 0.3 is 12.2 Å². The van der Waals surface area contributed by atoms with E-state index in [0.29, 0.717) is 29.6 Å². The largest absolute Gasteiger partial charge is 0.416 e. The summed E-state index contributed by atoms with van der Waals surface area (Å²) in [6.07, 6.45) is -4.55. The molecule has 3 amide bonds. The molecular weight excluding hydrogens is 433 g/mol. The van der Waals surface area contributed by atoms with E-state index in [0.717, 1.165) is 12.1 Å². The number of hydrogen-bond acceptors (Lipinski definition) is 5. The van der Waals surface area contributed by atoms with E-state index >= 15 is 0 Å². The number of aromatic nitrogens is 3. The fraction of sp³-hybridized carbons (Fsp3) is 0.263. The van der Waals surface area contributed by atoms with Crippen molar-refractivity contribution in [2.24, 2.45) is 0 Å². The summed E-state index contributed by atoms with van der Waals surface area (Å²) in [5.74, 6) is -0.160. The van der Waals surface area contributed by atoms with Gasteiger partial charge in [-0.2, -0.15) is 18.3 Å². The van der Waals surface area contributed by atoms with Crippen LogP contribution in [0.25, 0.3) is 5.69 Å². The van der Waals surface area contributed by atoms with Gasteiger partial charge in [0.05, 0.1) is 29.1 Å².